The largest absolute Gasteiger partial charge is 0.440 e. The number of piperidine rings is 1. The average Bonchev–Trinajstić information content (AvgIpc) is 3.28. The van der Waals surface area contributed by atoms with Gasteiger partial charge in [-0.1, -0.05) is 6.42 Å². The van der Waals surface area contributed by atoms with E-state index in [2.05, 4.69) is 15.6 Å². The van der Waals surface area contributed by atoms with Crippen LogP contribution in [0.3, 0.4) is 0 Å². The molecule has 0 radical (unpaired) electrons. The Labute approximate surface area is 135 Å². The zero-order valence-electron chi connectivity index (χ0n) is 12.3. The molecule has 2 fully saturated rings. The summed E-state index contributed by atoms with van der Waals surface area (Å²) in [5.41, 5.74) is 2.41. The van der Waals surface area contributed by atoms with Gasteiger partial charge in [-0.15, -0.1) is 12.4 Å². The molecule has 1 saturated carbocycles. The number of carbonyl (C=O) groups is 1. The molecule has 2 aromatic rings. The molecule has 1 amide bonds. The zero-order chi connectivity index (χ0) is 14.2. The van der Waals surface area contributed by atoms with Gasteiger partial charge in [-0.3, -0.25) is 4.79 Å². The average molecular weight is 322 g/mol. The zero-order valence-corrected chi connectivity index (χ0v) is 13.1. The number of amides is 1. The van der Waals surface area contributed by atoms with E-state index in [-0.39, 0.29) is 24.4 Å². The van der Waals surface area contributed by atoms with E-state index in [0.29, 0.717) is 5.92 Å². The number of nitrogens with one attached hydrogen (secondary N) is 2. The first-order valence-electron chi connectivity index (χ1n) is 7.74. The molecule has 118 valence electrons. The maximum atomic E-state index is 12.2. The lowest BCUT2D eigenvalue weighted by Crippen LogP contribution is -2.43. The Hall–Kier alpha value is -1.59. The molecule has 2 aliphatic rings. The topological polar surface area (TPSA) is 67.2 Å². The summed E-state index contributed by atoms with van der Waals surface area (Å²) >= 11 is 0. The lowest BCUT2D eigenvalue weighted by Gasteiger charge is -2.22. The first-order valence-corrected chi connectivity index (χ1v) is 7.74. The fourth-order valence-corrected chi connectivity index (χ4v) is 2.83. The second-order valence-electron chi connectivity index (χ2n) is 6.00. The Balaban J connectivity index is 0.00000144. The molecule has 1 aliphatic carbocycles. The van der Waals surface area contributed by atoms with Crippen LogP contribution in [-0.2, 0) is 4.79 Å². The molecule has 1 atom stereocenters. The van der Waals surface area contributed by atoms with E-state index in [4.69, 9.17) is 4.42 Å². The highest BCUT2D eigenvalue weighted by atomic mass is 35.5. The van der Waals surface area contributed by atoms with Crippen molar-refractivity contribution in [1.82, 2.24) is 10.3 Å². The minimum atomic E-state index is -0.0752. The summed E-state index contributed by atoms with van der Waals surface area (Å²) < 4.78 is 5.73. The molecule has 1 unspecified atom stereocenters. The maximum absolute atomic E-state index is 12.2. The first-order chi connectivity index (χ1) is 10.3. The Kier molecular flexibility index (Phi) is 4.36. The number of aromatic nitrogens is 1. The third-order valence-electron chi connectivity index (χ3n) is 4.23. The third kappa shape index (κ3) is 3.10. The first kappa shape index (κ1) is 15.3. The number of rotatable bonds is 3. The molecule has 0 bridgehead atoms. The highest BCUT2D eigenvalue weighted by Gasteiger charge is 2.29. The van der Waals surface area contributed by atoms with Crippen LogP contribution in [0.4, 0.5) is 5.69 Å². The van der Waals surface area contributed by atoms with Crippen LogP contribution in [0, 0.1) is 0 Å². The number of fused-ring (bicyclic) bond motifs is 1. The number of hydrogen-bond donors (Lipinski definition) is 2. The van der Waals surface area contributed by atoms with Crippen molar-refractivity contribution in [2.45, 2.75) is 44.1 Å². The Morgan fingerprint density at radius 1 is 1.27 bits per heavy atom. The molecular formula is C16H20ClN3O2. The molecule has 6 heteroatoms. The van der Waals surface area contributed by atoms with E-state index in [9.17, 15) is 4.79 Å². The molecule has 5 nitrogen and oxygen atoms in total. The van der Waals surface area contributed by atoms with E-state index in [1.54, 1.807) is 0 Å². The van der Waals surface area contributed by atoms with E-state index >= 15 is 0 Å². The molecule has 1 saturated heterocycles. The molecular weight excluding hydrogens is 302 g/mol. The van der Waals surface area contributed by atoms with E-state index < -0.39 is 0 Å². The molecule has 22 heavy (non-hydrogen) atoms. The normalized spacial score (nSPS) is 21.4. The summed E-state index contributed by atoms with van der Waals surface area (Å²) in [4.78, 5) is 16.7. The predicted octanol–water partition coefficient (Wildman–Crippen LogP) is 3.21. The summed E-state index contributed by atoms with van der Waals surface area (Å²) in [5.74, 6) is 1.38. The predicted molar refractivity (Wildman–Crippen MR) is 87.5 cm³/mol. The van der Waals surface area contributed by atoms with Gasteiger partial charge in [0.15, 0.2) is 11.5 Å². The SMILES string of the molecule is Cl.O=C(Nc1ccc2oc(C3CC3)nc2c1)C1CCCCN1. The van der Waals surface area contributed by atoms with Crippen molar-refractivity contribution in [2.24, 2.45) is 0 Å². The maximum Gasteiger partial charge on any atom is 0.241 e. The lowest BCUT2D eigenvalue weighted by atomic mass is 10.0. The van der Waals surface area contributed by atoms with Gasteiger partial charge >= 0.3 is 0 Å². The lowest BCUT2D eigenvalue weighted by molar-refractivity contribution is -0.118. The van der Waals surface area contributed by atoms with Gasteiger partial charge in [-0.2, -0.15) is 0 Å². The molecule has 2 N–H and O–H groups in total. The number of carbonyl (C=O) groups excluding carboxylic acids is 1. The molecule has 4 rings (SSSR count). The van der Waals surface area contributed by atoms with Gasteiger partial charge < -0.3 is 15.1 Å². The van der Waals surface area contributed by atoms with Crippen molar-refractivity contribution in [3.8, 4) is 0 Å². The fraction of sp³-hybridized carbons (Fsp3) is 0.500. The summed E-state index contributed by atoms with van der Waals surface area (Å²) in [5, 5.41) is 6.23. The van der Waals surface area contributed by atoms with Gasteiger partial charge in [-0.25, -0.2) is 4.98 Å². The van der Waals surface area contributed by atoms with Crippen molar-refractivity contribution in [3.63, 3.8) is 0 Å². The van der Waals surface area contributed by atoms with Crippen LogP contribution in [-0.4, -0.2) is 23.5 Å². The van der Waals surface area contributed by atoms with Gasteiger partial charge in [0, 0.05) is 11.6 Å². The van der Waals surface area contributed by atoms with Crippen LogP contribution in [0.5, 0.6) is 0 Å². The number of anilines is 1. The van der Waals surface area contributed by atoms with Crippen LogP contribution in [0.25, 0.3) is 11.1 Å². The van der Waals surface area contributed by atoms with Gasteiger partial charge in [0.25, 0.3) is 0 Å². The Bertz CT molecular complexity index is 675. The highest BCUT2D eigenvalue weighted by Crippen LogP contribution is 2.40. The van der Waals surface area contributed by atoms with Crippen LogP contribution in [0.2, 0.25) is 0 Å². The van der Waals surface area contributed by atoms with Gasteiger partial charge in [-0.05, 0) is 50.4 Å². The molecule has 1 aromatic carbocycles. The molecule has 1 aromatic heterocycles. The highest BCUT2D eigenvalue weighted by molar-refractivity contribution is 5.96. The number of benzene rings is 1. The summed E-state index contributed by atoms with van der Waals surface area (Å²) in [6, 6.07) is 5.59. The quantitative estimate of drug-likeness (QED) is 0.911. The van der Waals surface area contributed by atoms with Crippen LogP contribution < -0.4 is 10.6 Å². The van der Waals surface area contributed by atoms with Crippen molar-refractivity contribution in [2.75, 3.05) is 11.9 Å². The minimum absolute atomic E-state index is 0. The number of halogens is 1. The van der Waals surface area contributed by atoms with Crippen molar-refractivity contribution in [1.29, 1.82) is 0 Å². The van der Waals surface area contributed by atoms with Crippen molar-refractivity contribution in [3.05, 3.63) is 24.1 Å². The smallest absolute Gasteiger partial charge is 0.241 e. The fourth-order valence-electron chi connectivity index (χ4n) is 2.83. The van der Waals surface area contributed by atoms with E-state index in [1.807, 2.05) is 18.2 Å². The monoisotopic (exact) mass is 321 g/mol. The van der Waals surface area contributed by atoms with Crippen molar-refractivity contribution < 1.29 is 9.21 Å². The van der Waals surface area contributed by atoms with Crippen molar-refractivity contribution >= 4 is 35.1 Å². The molecule has 1 aliphatic heterocycles. The number of oxazole rings is 1. The van der Waals surface area contributed by atoms with E-state index in [1.165, 1.54) is 12.8 Å². The van der Waals surface area contributed by atoms with Crippen LogP contribution >= 0.6 is 12.4 Å². The Morgan fingerprint density at radius 3 is 2.86 bits per heavy atom. The standard InChI is InChI=1S/C16H19N3O2.ClH/c20-15(12-3-1-2-8-17-12)18-11-6-7-14-13(9-11)19-16(21-14)10-4-5-10;/h6-7,9-10,12,17H,1-5,8H2,(H,18,20);1H. The summed E-state index contributed by atoms with van der Waals surface area (Å²) in [6.45, 7) is 0.922. The van der Waals surface area contributed by atoms with Crippen LogP contribution in [0.15, 0.2) is 22.6 Å². The Morgan fingerprint density at radius 2 is 2.14 bits per heavy atom. The summed E-state index contributed by atoms with van der Waals surface area (Å²) in [7, 11) is 0. The van der Waals surface area contributed by atoms with Crippen LogP contribution in [0.1, 0.15) is 43.9 Å². The second-order valence-corrected chi connectivity index (χ2v) is 6.00. The summed E-state index contributed by atoms with van der Waals surface area (Å²) in [6.07, 6.45) is 5.51. The van der Waals surface area contributed by atoms with Gasteiger partial charge in [0.05, 0.1) is 6.04 Å². The van der Waals surface area contributed by atoms with E-state index in [0.717, 1.165) is 48.5 Å². The van der Waals surface area contributed by atoms with Gasteiger partial charge in [0.1, 0.15) is 5.52 Å². The molecule has 0 spiro atoms. The number of nitrogens with zero attached hydrogens (tertiary/aromatic N) is 1. The number of hydrogen-bond acceptors (Lipinski definition) is 4. The minimum Gasteiger partial charge on any atom is -0.440 e. The second kappa shape index (κ2) is 6.26. The van der Waals surface area contributed by atoms with Gasteiger partial charge in [0.2, 0.25) is 5.91 Å². The molecule has 2 heterocycles. The third-order valence-corrected chi connectivity index (χ3v) is 4.23.